The predicted octanol–water partition coefficient (Wildman–Crippen LogP) is 6.89. The highest BCUT2D eigenvalue weighted by Gasteiger charge is 1.99. The third-order valence-electron chi connectivity index (χ3n) is 4.74. The molecule has 1 aromatic carbocycles. The second-order valence-electron chi connectivity index (χ2n) is 7.07. The fourth-order valence-corrected chi connectivity index (χ4v) is 3.18. The first-order chi connectivity index (χ1) is 11.3. The van der Waals surface area contributed by atoms with Gasteiger partial charge < -0.3 is 4.90 Å². The van der Waals surface area contributed by atoms with Crippen molar-refractivity contribution in [3.63, 3.8) is 0 Å². The molecule has 0 N–H and O–H groups in total. The lowest BCUT2D eigenvalue weighted by atomic mass is 10.1. The van der Waals surface area contributed by atoms with E-state index < -0.39 is 0 Å². The molecule has 0 saturated carbocycles. The van der Waals surface area contributed by atoms with Crippen LogP contribution in [-0.4, -0.2) is 25.0 Å². The van der Waals surface area contributed by atoms with Gasteiger partial charge in [-0.3, -0.25) is 0 Å². The molecular weight excluding hydrogens is 314 g/mol. The molecule has 0 atom stereocenters. The van der Waals surface area contributed by atoms with E-state index in [1.54, 1.807) is 0 Å². The summed E-state index contributed by atoms with van der Waals surface area (Å²) in [7, 11) is 2.28. The van der Waals surface area contributed by atoms with E-state index in [0.717, 1.165) is 0 Å². The van der Waals surface area contributed by atoms with Crippen molar-refractivity contribution in [3.05, 3.63) is 35.9 Å². The summed E-state index contributed by atoms with van der Waals surface area (Å²) in [6.07, 6.45) is 16.8. The topological polar surface area (TPSA) is 3.24 Å². The van der Waals surface area contributed by atoms with Gasteiger partial charge in [-0.2, -0.15) is 0 Å². The van der Waals surface area contributed by atoms with Crippen LogP contribution in [0.25, 0.3) is 0 Å². The summed E-state index contributed by atoms with van der Waals surface area (Å²) in [6, 6.07) is 10.9. The number of unbranched alkanes of at least 4 members (excludes halogenated alkanes) is 9. The molecule has 0 heterocycles. The molecule has 0 fully saturated rings. The number of benzene rings is 1. The van der Waals surface area contributed by atoms with Crippen LogP contribution in [0.5, 0.6) is 0 Å². The molecule has 0 bridgehead atoms. The Balaban J connectivity index is 0.00000529. The van der Waals surface area contributed by atoms with Crippen LogP contribution in [0.15, 0.2) is 30.3 Å². The maximum atomic E-state index is 2.51. The first-order valence-corrected chi connectivity index (χ1v) is 10.1. The number of nitrogens with zero attached hydrogens (tertiary/aromatic N) is 1. The minimum absolute atomic E-state index is 0. The molecule has 0 aliphatic carbocycles. The van der Waals surface area contributed by atoms with Gasteiger partial charge in [-0.15, -0.1) is 12.4 Å². The van der Waals surface area contributed by atoms with E-state index in [9.17, 15) is 0 Å². The maximum absolute atomic E-state index is 2.51. The van der Waals surface area contributed by atoms with Gasteiger partial charge in [-0.1, -0.05) is 95.0 Å². The zero-order chi connectivity index (χ0) is 16.6. The molecular formula is C22H40ClN. The maximum Gasteiger partial charge on any atom is -0.00186 e. The van der Waals surface area contributed by atoms with Gasteiger partial charge in [0.1, 0.15) is 0 Å². The highest BCUT2D eigenvalue weighted by Crippen LogP contribution is 2.11. The van der Waals surface area contributed by atoms with Crippen LogP contribution in [-0.2, 0) is 6.42 Å². The largest absolute Gasteiger partial charge is 0.306 e. The van der Waals surface area contributed by atoms with E-state index in [1.807, 2.05) is 0 Å². The van der Waals surface area contributed by atoms with E-state index in [0.29, 0.717) is 0 Å². The van der Waals surface area contributed by atoms with E-state index in [2.05, 4.69) is 49.2 Å². The Morgan fingerprint density at radius 3 is 1.75 bits per heavy atom. The van der Waals surface area contributed by atoms with Crippen LogP contribution in [0.2, 0.25) is 0 Å². The molecule has 0 aliphatic heterocycles. The molecule has 2 heteroatoms. The summed E-state index contributed by atoms with van der Waals surface area (Å²) < 4.78 is 0. The van der Waals surface area contributed by atoms with Crippen molar-refractivity contribution in [2.45, 2.75) is 84.0 Å². The number of hydrogen-bond donors (Lipinski definition) is 0. The summed E-state index contributed by atoms with van der Waals surface area (Å²) in [5.74, 6) is 0. The Kier molecular flexibility index (Phi) is 16.9. The first kappa shape index (κ1) is 23.5. The van der Waals surface area contributed by atoms with Crippen LogP contribution in [0.1, 0.15) is 83.1 Å². The van der Waals surface area contributed by atoms with Crippen LogP contribution >= 0.6 is 12.4 Å². The summed E-state index contributed by atoms with van der Waals surface area (Å²) >= 11 is 0. The number of rotatable bonds is 15. The highest BCUT2D eigenvalue weighted by atomic mass is 35.5. The Morgan fingerprint density at radius 1 is 0.667 bits per heavy atom. The van der Waals surface area contributed by atoms with Crippen molar-refractivity contribution < 1.29 is 0 Å². The van der Waals surface area contributed by atoms with Crippen molar-refractivity contribution in [3.8, 4) is 0 Å². The van der Waals surface area contributed by atoms with Crippen LogP contribution in [0.4, 0.5) is 0 Å². The Hall–Kier alpha value is -0.530. The Morgan fingerprint density at radius 2 is 1.17 bits per heavy atom. The fraction of sp³-hybridized carbons (Fsp3) is 0.727. The average molecular weight is 354 g/mol. The Labute approximate surface area is 157 Å². The minimum Gasteiger partial charge on any atom is -0.306 e. The normalized spacial score (nSPS) is 10.8. The minimum atomic E-state index is 0. The predicted molar refractivity (Wildman–Crippen MR) is 111 cm³/mol. The number of halogens is 1. The smallest absolute Gasteiger partial charge is 0.00186 e. The van der Waals surface area contributed by atoms with Crippen LogP contribution < -0.4 is 0 Å². The van der Waals surface area contributed by atoms with Gasteiger partial charge in [0.05, 0.1) is 0 Å². The zero-order valence-electron chi connectivity index (χ0n) is 16.1. The molecule has 24 heavy (non-hydrogen) atoms. The van der Waals surface area contributed by atoms with Gasteiger partial charge >= 0.3 is 0 Å². The summed E-state index contributed by atoms with van der Waals surface area (Å²) in [6.45, 7) is 4.79. The molecule has 1 aromatic rings. The summed E-state index contributed by atoms with van der Waals surface area (Å²) in [4.78, 5) is 2.51. The van der Waals surface area contributed by atoms with Gasteiger partial charge in [-0.25, -0.2) is 0 Å². The highest BCUT2D eigenvalue weighted by molar-refractivity contribution is 5.85. The van der Waals surface area contributed by atoms with Gasteiger partial charge in [0.25, 0.3) is 0 Å². The lowest BCUT2D eigenvalue weighted by Crippen LogP contribution is -2.21. The number of aryl methyl sites for hydroxylation is 1. The molecule has 0 saturated heterocycles. The van der Waals surface area contributed by atoms with E-state index in [-0.39, 0.29) is 12.4 Å². The van der Waals surface area contributed by atoms with Gasteiger partial charge in [0.2, 0.25) is 0 Å². The Bertz CT molecular complexity index is 352. The van der Waals surface area contributed by atoms with E-state index in [1.165, 1.54) is 95.7 Å². The summed E-state index contributed by atoms with van der Waals surface area (Å²) in [5.41, 5.74) is 1.47. The first-order valence-electron chi connectivity index (χ1n) is 10.1. The quantitative estimate of drug-likeness (QED) is 0.310. The molecule has 1 nitrogen and oxygen atoms in total. The van der Waals surface area contributed by atoms with Gasteiger partial charge in [-0.05, 0) is 45.0 Å². The fourth-order valence-electron chi connectivity index (χ4n) is 3.18. The molecule has 140 valence electrons. The SMILES string of the molecule is CCCCCCCCCCCCN(C)CCCc1ccccc1.Cl. The van der Waals surface area contributed by atoms with Crippen molar-refractivity contribution >= 4 is 12.4 Å². The standard InChI is InChI=1S/C22H39N.ClH/c1-3-4-5-6-7-8-9-10-11-15-20-23(2)21-16-19-22-17-13-12-14-18-22;/h12-14,17-18H,3-11,15-16,19-21H2,1-2H3;1H. The van der Waals surface area contributed by atoms with E-state index in [4.69, 9.17) is 0 Å². The van der Waals surface area contributed by atoms with Gasteiger partial charge in [0, 0.05) is 0 Å². The van der Waals surface area contributed by atoms with Crippen molar-refractivity contribution in [1.82, 2.24) is 4.90 Å². The third kappa shape index (κ3) is 13.9. The average Bonchev–Trinajstić information content (AvgIpc) is 2.57. The van der Waals surface area contributed by atoms with Crippen molar-refractivity contribution in [2.75, 3.05) is 20.1 Å². The van der Waals surface area contributed by atoms with Crippen molar-refractivity contribution in [2.24, 2.45) is 0 Å². The molecule has 0 amide bonds. The molecule has 0 aromatic heterocycles. The molecule has 0 radical (unpaired) electrons. The number of hydrogen-bond acceptors (Lipinski definition) is 1. The second-order valence-corrected chi connectivity index (χ2v) is 7.07. The van der Waals surface area contributed by atoms with Crippen LogP contribution in [0, 0.1) is 0 Å². The van der Waals surface area contributed by atoms with Crippen LogP contribution in [0.3, 0.4) is 0 Å². The van der Waals surface area contributed by atoms with E-state index >= 15 is 0 Å². The third-order valence-corrected chi connectivity index (χ3v) is 4.74. The molecule has 0 aliphatic rings. The van der Waals surface area contributed by atoms with Crippen molar-refractivity contribution in [1.29, 1.82) is 0 Å². The van der Waals surface area contributed by atoms with Gasteiger partial charge in [0.15, 0.2) is 0 Å². The molecule has 0 spiro atoms. The lowest BCUT2D eigenvalue weighted by Gasteiger charge is -2.16. The second kappa shape index (κ2) is 17.3. The molecule has 1 rings (SSSR count). The lowest BCUT2D eigenvalue weighted by molar-refractivity contribution is 0.319. The summed E-state index contributed by atoms with van der Waals surface area (Å²) in [5, 5.41) is 0. The molecule has 0 unspecified atom stereocenters. The zero-order valence-corrected chi connectivity index (χ0v) is 17.0. The monoisotopic (exact) mass is 353 g/mol.